The van der Waals surface area contributed by atoms with Crippen LogP contribution in [0.15, 0.2) is 0 Å². The minimum Gasteiger partial charge on any atom is -0.480 e. The largest absolute Gasteiger partial charge is 0.480 e. The molecule has 4 heteroatoms. The van der Waals surface area contributed by atoms with Gasteiger partial charge < -0.3 is 10.4 Å². The zero-order valence-corrected chi connectivity index (χ0v) is 10.6. The molecule has 2 rings (SSSR count). The van der Waals surface area contributed by atoms with E-state index in [1.165, 1.54) is 6.42 Å². The summed E-state index contributed by atoms with van der Waals surface area (Å²) in [7, 11) is 0. The molecule has 2 fully saturated rings. The van der Waals surface area contributed by atoms with E-state index in [-0.39, 0.29) is 17.4 Å². The lowest BCUT2D eigenvalue weighted by Gasteiger charge is -2.39. The summed E-state index contributed by atoms with van der Waals surface area (Å²) in [5.74, 6) is -1.24. The molecule has 0 aliphatic heterocycles. The number of carboxylic acids is 1. The summed E-state index contributed by atoms with van der Waals surface area (Å²) in [6.07, 6.45) is 5.35. The van der Waals surface area contributed by atoms with Gasteiger partial charge >= 0.3 is 5.97 Å². The number of hydrogen-bond acceptors (Lipinski definition) is 2. The number of aliphatic carboxylic acids is 1. The van der Waals surface area contributed by atoms with E-state index >= 15 is 0 Å². The minimum absolute atomic E-state index is 0.0858. The third-order valence-corrected chi connectivity index (χ3v) is 4.41. The summed E-state index contributed by atoms with van der Waals surface area (Å²) in [5.41, 5.74) is -1.02. The van der Waals surface area contributed by atoms with Crippen molar-refractivity contribution in [2.45, 2.75) is 58.4 Å². The Morgan fingerprint density at radius 2 is 1.82 bits per heavy atom. The molecule has 2 aliphatic carbocycles. The summed E-state index contributed by atoms with van der Waals surface area (Å²) in [6, 6.07) is 0.126. The summed E-state index contributed by atoms with van der Waals surface area (Å²) >= 11 is 0. The maximum absolute atomic E-state index is 12.0. The second kappa shape index (κ2) is 4.00. The minimum atomic E-state index is -1.10. The molecule has 0 spiro atoms. The SMILES string of the molecule is CC1(C)CCCCC1NC(=O)C1(C(=O)O)CC1. The van der Waals surface area contributed by atoms with E-state index in [1.54, 1.807) is 0 Å². The molecule has 0 heterocycles. The number of hydrogen-bond donors (Lipinski definition) is 2. The fourth-order valence-electron chi connectivity index (χ4n) is 2.72. The van der Waals surface area contributed by atoms with E-state index in [1.807, 2.05) is 0 Å². The molecule has 2 saturated carbocycles. The first-order valence-electron chi connectivity index (χ1n) is 6.43. The van der Waals surface area contributed by atoms with Crippen LogP contribution in [-0.2, 0) is 9.59 Å². The molecule has 4 nitrogen and oxygen atoms in total. The predicted molar refractivity (Wildman–Crippen MR) is 63.5 cm³/mol. The number of amides is 1. The van der Waals surface area contributed by atoms with Crippen molar-refractivity contribution in [3.8, 4) is 0 Å². The number of nitrogens with one attached hydrogen (secondary N) is 1. The molecule has 2 N–H and O–H groups in total. The van der Waals surface area contributed by atoms with Crippen molar-refractivity contribution >= 4 is 11.9 Å². The third-order valence-electron chi connectivity index (χ3n) is 4.41. The van der Waals surface area contributed by atoms with Crippen LogP contribution in [-0.4, -0.2) is 23.0 Å². The van der Waals surface area contributed by atoms with Gasteiger partial charge in [0.2, 0.25) is 5.91 Å². The van der Waals surface area contributed by atoms with Crippen molar-refractivity contribution in [2.75, 3.05) is 0 Å². The molecule has 0 aromatic rings. The number of carboxylic acid groups (broad SMARTS) is 1. The molecule has 0 aromatic carbocycles. The fourth-order valence-corrected chi connectivity index (χ4v) is 2.72. The van der Waals surface area contributed by atoms with Crippen LogP contribution in [0.4, 0.5) is 0 Å². The highest BCUT2D eigenvalue weighted by Gasteiger charge is 2.57. The van der Waals surface area contributed by atoms with Gasteiger partial charge in [-0.25, -0.2) is 0 Å². The number of carbonyl (C=O) groups is 2. The molecule has 0 aromatic heterocycles. The van der Waals surface area contributed by atoms with Gasteiger partial charge in [-0.2, -0.15) is 0 Å². The Bertz CT molecular complexity index is 345. The Morgan fingerprint density at radius 3 is 2.29 bits per heavy atom. The maximum atomic E-state index is 12.0. The van der Waals surface area contributed by atoms with Gasteiger partial charge in [0.1, 0.15) is 5.41 Å². The molecular formula is C13H21NO3. The summed E-state index contributed by atoms with van der Waals surface area (Å²) < 4.78 is 0. The van der Waals surface area contributed by atoms with Crippen molar-refractivity contribution in [3.63, 3.8) is 0 Å². The van der Waals surface area contributed by atoms with Crippen molar-refractivity contribution in [3.05, 3.63) is 0 Å². The van der Waals surface area contributed by atoms with Crippen molar-refractivity contribution in [1.82, 2.24) is 5.32 Å². The summed E-state index contributed by atoms with van der Waals surface area (Å²) in [6.45, 7) is 4.30. The first kappa shape index (κ1) is 12.4. The van der Waals surface area contributed by atoms with Crippen molar-refractivity contribution in [1.29, 1.82) is 0 Å². The van der Waals surface area contributed by atoms with E-state index in [0.29, 0.717) is 12.8 Å². The van der Waals surface area contributed by atoms with E-state index in [2.05, 4.69) is 19.2 Å². The zero-order chi connectivity index (χ0) is 12.7. The number of carbonyl (C=O) groups excluding carboxylic acids is 1. The van der Waals surface area contributed by atoms with Gasteiger partial charge in [0.15, 0.2) is 0 Å². The molecule has 1 unspecified atom stereocenters. The van der Waals surface area contributed by atoms with Crippen molar-refractivity contribution < 1.29 is 14.7 Å². The number of rotatable bonds is 3. The molecule has 0 radical (unpaired) electrons. The highest BCUT2D eigenvalue weighted by atomic mass is 16.4. The third kappa shape index (κ3) is 2.17. The maximum Gasteiger partial charge on any atom is 0.319 e. The van der Waals surface area contributed by atoms with Crippen LogP contribution in [0.2, 0.25) is 0 Å². The highest BCUT2D eigenvalue weighted by molar-refractivity contribution is 6.04. The van der Waals surface area contributed by atoms with Crippen LogP contribution in [0.5, 0.6) is 0 Å². The lowest BCUT2D eigenvalue weighted by Crippen LogP contribution is -2.50. The average Bonchev–Trinajstić information content (AvgIpc) is 3.01. The van der Waals surface area contributed by atoms with Crippen molar-refractivity contribution in [2.24, 2.45) is 10.8 Å². The molecule has 2 aliphatic rings. The lowest BCUT2D eigenvalue weighted by atomic mass is 9.73. The van der Waals surface area contributed by atoms with E-state index in [9.17, 15) is 9.59 Å². The lowest BCUT2D eigenvalue weighted by molar-refractivity contribution is -0.149. The Hall–Kier alpha value is -1.06. The molecular weight excluding hydrogens is 218 g/mol. The molecule has 96 valence electrons. The van der Waals surface area contributed by atoms with Crippen LogP contribution in [0, 0.1) is 10.8 Å². The van der Waals surface area contributed by atoms with E-state index < -0.39 is 11.4 Å². The van der Waals surface area contributed by atoms with Crippen LogP contribution >= 0.6 is 0 Å². The van der Waals surface area contributed by atoms with Gasteiger partial charge in [-0.3, -0.25) is 9.59 Å². The molecule has 0 bridgehead atoms. The van der Waals surface area contributed by atoms with Gasteiger partial charge in [-0.05, 0) is 31.1 Å². The normalized spacial score (nSPS) is 29.4. The van der Waals surface area contributed by atoms with Crippen LogP contribution in [0.1, 0.15) is 52.4 Å². The van der Waals surface area contributed by atoms with Gasteiger partial charge in [0, 0.05) is 6.04 Å². The predicted octanol–water partition coefficient (Wildman–Crippen LogP) is 1.94. The second-order valence-electron chi connectivity index (χ2n) is 6.15. The molecule has 1 atom stereocenters. The van der Waals surface area contributed by atoms with Gasteiger partial charge in [0.25, 0.3) is 0 Å². The smallest absolute Gasteiger partial charge is 0.319 e. The van der Waals surface area contributed by atoms with E-state index in [4.69, 9.17) is 5.11 Å². The summed E-state index contributed by atoms with van der Waals surface area (Å²) in [5, 5.41) is 12.0. The van der Waals surface area contributed by atoms with Crippen LogP contribution < -0.4 is 5.32 Å². The monoisotopic (exact) mass is 239 g/mol. The molecule has 0 saturated heterocycles. The standard InChI is InChI=1S/C13H21NO3/c1-12(2)6-4-3-5-9(12)14-10(15)13(7-8-13)11(16)17/h9H,3-8H2,1-2H3,(H,14,15)(H,16,17). The van der Waals surface area contributed by atoms with Gasteiger partial charge in [-0.1, -0.05) is 26.7 Å². The van der Waals surface area contributed by atoms with Gasteiger partial charge in [0.05, 0.1) is 0 Å². The van der Waals surface area contributed by atoms with Crippen LogP contribution in [0.25, 0.3) is 0 Å². The first-order chi connectivity index (χ1) is 7.88. The second-order valence-corrected chi connectivity index (χ2v) is 6.15. The topological polar surface area (TPSA) is 66.4 Å². The molecule has 1 amide bonds. The Morgan fingerprint density at radius 1 is 1.18 bits per heavy atom. The molecule has 17 heavy (non-hydrogen) atoms. The first-order valence-corrected chi connectivity index (χ1v) is 6.43. The Kier molecular flexibility index (Phi) is 2.92. The highest BCUT2D eigenvalue weighted by Crippen LogP contribution is 2.47. The zero-order valence-electron chi connectivity index (χ0n) is 10.6. The average molecular weight is 239 g/mol. The van der Waals surface area contributed by atoms with Crippen LogP contribution in [0.3, 0.4) is 0 Å². The Balaban J connectivity index is 2.01. The van der Waals surface area contributed by atoms with Gasteiger partial charge in [-0.15, -0.1) is 0 Å². The fraction of sp³-hybridized carbons (Fsp3) is 0.846. The quantitative estimate of drug-likeness (QED) is 0.740. The van der Waals surface area contributed by atoms with E-state index in [0.717, 1.165) is 19.3 Å². The summed E-state index contributed by atoms with van der Waals surface area (Å²) in [4.78, 5) is 23.1. The Labute approximate surface area is 102 Å².